The van der Waals surface area contributed by atoms with Crippen molar-refractivity contribution in [2.75, 3.05) is 0 Å². The van der Waals surface area contributed by atoms with Gasteiger partial charge in [0.05, 0.1) is 0 Å². The maximum Gasteiger partial charge on any atom is 0.338 e. The Balaban J connectivity index is 2.79. The molecule has 0 saturated carbocycles. The Morgan fingerprint density at radius 1 is 1.05 bits per heavy atom. The minimum Gasteiger partial charge on any atom is -0.458 e. The summed E-state index contributed by atoms with van der Waals surface area (Å²) >= 11 is 0. The summed E-state index contributed by atoms with van der Waals surface area (Å²) in [6.45, 7) is 14.4. The first kappa shape index (κ1) is 18.0. The second-order valence-corrected chi connectivity index (χ2v) is 7.99. The van der Waals surface area contributed by atoms with Crippen molar-refractivity contribution < 1.29 is 23.8 Å². The van der Waals surface area contributed by atoms with Crippen molar-refractivity contribution in [2.24, 2.45) is 5.92 Å². The molecular formula is C16H28O5. The van der Waals surface area contributed by atoms with Gasteiger partial charge < -0.3 is 14.2 Å². The summed E-state index contributed by atoms with van der Waals surface area (Å²) in [6, 6.07) is 0. The van der Waals surface area contributed by atoms with Gasteiger partial charge in [0, 0.05) is 0 Å². The number of carbonyl (C=O) groups excluding carboxylic acids is 2. The number of carbonyl (C=O) groups is 2. The fraction of sp³-hybridized carbons (Fsp3) is 0.875. The predicted octanol–water partition coefficient (Wildman–Crippen LogP) is 2.85. The van der Waals surface area contributed by atoms with Gasteiger partial charge in [-0.15, -0.1) is 0 Å². The molecule has 1 fully saturated rings. The van der Waals surface area contributed by atoms with E-state index in [9.17, 15) is 9.59 Å². The molecule has 1 aliphatic heterocycles. The van der Waals surface area contributed by atoms with Crippen LogP contribution < -0.4 is 0 Å². The summed E-state index contributed by atoms with van der Waals surface area (Å²) < 4.78 is 16.5. The van der Waals surface area contributed by atoms with Crippen molar-refractivity contribution in [3.8, 4) is 0 Å². The molecule has 1 aliphatic rings. The molecule has 0 N–H and O–H groups in total. The van der Waals surface area contributed by atoms with Crippen molar-refractivity contribution in [2.45, 2.75) is 84.7 Å². The quantitative estimate of drug-likeness (QED) is 0.734. The van der Waals surface area contributed by atoms with Gasteiger partial charge in [0.2, 0.25) is 0 Å². The number of hydrogen-bond acceptors (Lipinski definition) is 5. The summed E-state index contributed by atoms with van der Waals surface area (Å²) in [5.41, 5.74) is -2.27. The summed E-state index contributed by atoms with van der Waals surface area (Å²) in [6.07, 6.45) is -0.298. The molecule has 0 aromatic rings. The highest BCUT2D eigenvalue weighted by atomic mass is 16.6. The van der Waals surface area contributed by atoms with Gasteiger partial charge in [-0.05, 0) is 60.8 Å². The summed E-state index contributed by atoms with van der Waals surface area (Å²) in [5, 5.41) is 0. The molecule has 3 unspecified atom stereocenters. The summed E-state index contributed by atoms with van der Waals surface area (Å²) in [5.74, 6) is -0.965. The van der Waals surface area contributed by atoms with Gasteiger partial charge in [0.25, 0.3) is 0 Å². The van der Waals surface area contributed by atoms with Crippen molar-refractivity contribution in [1.82, 2.24) is 0 Å². The molecule has 3 atom stereocenters. The number of hydrogen-bond donors (Lipinski definition) is 0. The molecule has 0 aliphatic carbocycles. The Bertz CT molecular complexity index is 415. The number of esters is 2. The van der Waals surface area contributed by atoms with Crippen LogP contribution in [0.15, 0.2) is 0 Å². The lowest BCUT2D eigenvalue weighted by molar-refractivity contribution is -0.188. The van der Waals surface area contributed by atoms with Crippen LogP contribution in [0, 0.1) is 5.92 Å². The van der Waals surface area contributed by atoms with Crippen molar-refractivity contribution in [3.05, 3.63) is 0 Å². The minimum absolute atomic E-state index is 0.0997. The van der Waals surface area contributed by atoms with E-state index in [0.29, 0.717) is 6.42 Å². The second kappa shape index (κ2) is 5.59. The Morgan fingerprint density at radius 2 is 1.52 bits per heavy atom. The molecule has 0 aromatic heterocycles. The molecule has 1 heterocycles. The molecule has 1 saturated heterocycles. The van der Waals surface area contributed by atoms with E-state index in [2.05, 4.69) is 0 Å². The largest absolute Gasteiger partial charge is 0.458 e. The third kappa shape index (κ3) is 4.99. The van der Waals surface area contributed by atoms with E-state index in [-0.39, 0.29) is 5.92 Å². The maximum atomic E-state index is 12.3. The third-order valence-corrected chi connectivity index (χ3v) is 3.09. The topological polar surface area (TPSA) is 61.8 Å². The normalized spacial score (nSPS) is 30.1. The average Bonchev–Trinajstić information content (AvgIpc) is 2.50. The molecule has 0 radical (unpaired) electrons. The summed E-state index contributed by atoms with van der Waals surface area (Å²) in [7, 11) is 0. The molecule has 5 nitrogen and oxygen atoms in total. The molecular weight excluding hydrogens is 272 g/mol. The zero-order valence-electron chi connectivity index (χ0n) is 14.4. The van der Waals surface area contributed by atoms with Gasteiger partial charge in [-0.3, -0.25) is 0 Å². The first-order valence-electron chi connectivity index (χ1n) is 7.38. The van der Waals surface area contributed by atoms with Crippen LogP contribution >= 0.6 is 0 Å². The third-order valence-electron chi connectivity index (χ3n) is 3.09. The van der Waals surface area contributed by atoms with Gasteiger partial charge in [0.15, 0.2) is 11.7 Å². The van der Waals surface area contributed by atoms with E-state index in [1.807, 2.05) is 6.92 Å². The standard InChI is InChI=1S/C16H28O5/c1-10-9-16(8,13(18)21-15(5,6)7)19-11(10)12(17)20-14(2,3)4/h10-11H,9H2,1-8H3. The maximum absolute atomic E-state index is 12.3. The van der Waals surface area contributed by atoms with Gasteiger partial charge >= 0.3 is 11.9 Å². The van der Waals surface area contributed by atoms with E-state index >= 15 is 0 Å². The second-order valence-electron chi connectivity index (χ2n) is 7.99. The molecule has 0 bridgehead atoms. The molecule has 0 aromatic carbocycles. The molecule has 21 heavy (non-hydrogen) atoms. The fourth-order valence-electron chi connectivity index (χ4n) is 2.32. The number of ether oxygens (including phenoxy) is 3. The smallest absolute Gasteiger partial charge is 0.338 e. The molecule has 0 amide bonds. The van der Waals surface area contributed by atoms with Crippen molar-refractivity contribution in [1.29, 1.82) is 0 Å². The van der Waals surface area contributed by atoms with Crippen LogP contribution in [0.5, 0.6) is 0 Å². The SMILES string of the molecule is CC1CC(C)(C(=O)OC(C)(C)C)OC1C(=O)OC(C)(C)C. The van der Waals surface area contributed by atoms with Crippen LogP contribution in [0.1, 0.15) is 61.8 Å². The fourth-order valence-corrected chi connectivity index (χ4v) is 2.32. The summed E-state index contributed by atoms with van der Waals surface area (Å²) in [4.78, 5) is 24.4. The van der Waals surface area contributed by atoms with Crippen molar-refractivity contribution >= 4 is 11.9 Å². The van der Waals surface area contributed by atoms with Crippen molar-refractivity contribution in [3.63, 3.8) is 0 Å². The molecule has 5 heteroatoms. The number of rotatable bonds is 2. The van der Waals surface area contributed by atoms with Crippen LogP contribution in [0.2, 0.25) is 0 Å². The first-order valence-corrected chi connectivity index (χ1v) is 7.38. The Morgan fingerprint density at radius 3 is 1.95 bits per heavy atom. The van der Waals surface area contributed by atoms with Gasteiger partial charge in [-0.25, -0.2) is 9.59 Å². The molecule has 1 rings (SSSR count). The van der Waals surface area contributed by atoms with E-state index in [0.717, 1.165) is 0 Å². The van der Waals surface area contributed by atoms with E-state index in [4.69, 9.17) is 14.2 Å². The lowest BCUT2D eigenvalue weighted by Gasteiger charge is -2.28. The van der Waals surface area contributed by atoms with Gasteiger partial charge in [0.1, 0.15) is 11.2 Å². The molecule has 0 spiro atoms. The van der Waals surface area contributed by atoms with Crippen LogP contribution in [-0.2, 0) is 23.8 Å². The average molecular weight is 300 g/mol. The van der Waals surface area contributed by atoms with Gasteiger partial charge in [-0.2, -0.15) is 0 Å². The van der Waals surface area contributed by atoms with Crippen LogP contribution in [0.4, 0.5) is 0 Å². The van der Waals surface area contributed by atoms with Crippen LogP contribution in [0.25, 0.3) is 0 Å². The Kier molecular flexibility index (Phi) is 4.78. The lowest BCUT2D eigenvalue weighted by Crippen LogP contribution is -2.42. The Labute approximate surface area is 127 Å². The van der Waals surface area contributed by atoms with Gasteiger partial charge in [-0.1, -0.05) is 6.92 Å². The van der Waals surface area contributed by atoms with Crippen LogP contribution in [-0.4, -0.2) is 34.8 Å². The van der Waals surface area contributed by atoms with E-state index in [1.54, 1.807) is 48.5 Å². The minimum atomic E-state index is -1.10. The Hall–Kier alpha value is -1.10. The zero-order valence-corrected chi connectivity index (χ0v) is 14.4. The highest BCUT2D eigenvalue weighted by Crippen LogP contribution is 2.37. The molecule has 122 valence electrons. The van der Waals surface area contributed by atoms with E-state index in [1.165, 1.54) is 0 Å². The first-order chi connectivity index (χ1) is 9.23. The highest BCUT2D eigenvalue weighted by molar-refractivity contribution is 5.83. The lowest BCUT2D eigenvalue weighted by atomic mass is 9.94. The monoisotopic (exact) mass is 300 g/mol. The van der Waals surface area contributed by atoms with Crippen LogP contribution in [0.3, 0.4) is 0 Å². The van der Waals surface area contributed by atoms with E-state index < -0.39 is 34.8 Å². The zero-order chi connectivity index (χ0) is 16.6. The highest BCUT2D eigenvalue weighted by Gasteiger charge is 2.51. The predicted molar refractivity (Wildman–Crippen MR) is 78.7 cm³/mol.